The number of carbonyl (C=O) groups excluding carboxylic acids is 3. The van der Waals surface area contributed by atoms with Gasteiger partial charge in [-0.3, -0.25) is 9.59 Å². The average Bonchev–Trinajstić information content (AvgIpc) is 3.38. The Kier molecular flexibility index (Phi) is 7.41. The van der Waals surface area contributed by atoms with E-state index in [0.29, 0.717) is 18.1 Å². The lowest BCUT2D eigenvalue weighted by Gasteiger charge is -2.26. The van der Waals surface area contributed by atoms with Gasteiger partial charge in [0, 0.05) is 19.2 Å². The number of thioether (sulfide) groups is 1. The Balaban J connectivity index is 1.51. The Hall–Kier alpha value is -2.22. The van der Waals surface area contributed by atoms with E-state index in [1.807, 2.05) is 0 Å². The smallest absolute Gasteiger partial charge is 0.330 e. The summed E-state index contributed by atoms with van der Waals surface area (Å²) in [5.41, 5.74) is 1.38. The lowest BCUT2D eigenvalue weighted by molar-refractivity contribution is -0.161. The van der Waals surface area contributed by atoms with Crippen LogP contribution in [0.2, 0.25) is 0 Å². The number of amides is 2. The summed E-state index contributed by atoms with van der Waals surface area (Å²) in [5.74, 6) is -0.122. The molecule has 2 heterocycles. The number of hydrogen-bond acceptors (Lipinski definition) is 6. The van der Waals surface area contributed by atoms with Crippen molar-refractivity contribution in [2.45, 2.75) is 63.5 Å². The van der Waals surface area contributed by atoms with Crippen LogP contribution >= 0.6 is 11.8 Å². The van der Waals surface area contributed by atoms with E-state index in [9.17, 15) is 14.4 Å². The third-order valence-corrected chi connectivity index (χ3v) is 6.50. The molecule has 1 aromatic heterocycles. The first-order valence-corrected chi connectivity index (χ1v) is 11.1. The van der Waals surface area contributed by atoms with E-state index in [1.165, 1.54) is 48.3 Å². The summed E-state index contributed by atoms with van der Waals surface area (Å²) in [6, 6.07) is 2.78. The molecule has 0 saturated carbocycles. The van der Waals surface area contributed by atoms with Crippen molar-refractivity contribution in [1.82, 2.24) is 10.2 Å². The molecule has 1 aliphatic heterocycles. The fourth-order valence-electron chi connectivity index (χ4n) is 3.65. The number of hydrogen-bond donors (Lipinski definition) is 1. The van der Waals surface area contributed by atoms with Crippen LogP contribution in [0.25, 0.3) is 0 Å². The van der Waals surface area contributed by atoms with Crippen LogP contribution in [0.15, 0.2) is 34.5 Å². The molecule has 1 N–H and O–H groups in total. The van der Waals surface area contributed by atoms with E-state index in [4.69, 9.17) is 9.15 Å². The van der Waals surface area contributed by atoms with Crippen molar-refractivity contribution in [2.24, 2.45) is 0 Å². The van der Waals surface area contributed by atoms with Crippen LogP contribution in [-0.4, -0.2) is 47.1 Å². The maximum absolute atomic E-state index is 12.7. The van der Waals surface area contributed by atoms with Crippen molar-refractivity contribution in [1.29, 1.82) is 0 Å². The first-order chi connectivity index (χ1) is 14.0. The molecule has 0 unspecified atom stereocenters. The Morgan fingerprint density at radius 2 is 2.21 bits per heavy atom. The van der Waals surface area contributed by atoms with Crippen LogP contribution in [0.5, 0.6) is 0 Å². The van der Waals surface area contributed by atoms with Crippen molar-refractivity contribution < 1.29 is 23.5 Å². The predicted molar refractivity (Wildman–Crippen MR) is 110 cm³/mol. The zero-order chi connectivity index (χ0) is 20.8. The topological polar surface area (TPSA) is 88.8 Å². The van der Waals surface area contributed by atoms with Gasteiger partial charge in [0.25, 0.3) is 5.91 Å². The number of nitrogens with one attached hydrogen (secondary N) is 1. The van der Waals surface area contributed by atoms with Gasteiger partial charge in [0.05, 0.1) is 6.26 Å². The van der Waals surface area contributed by atoms with E-state index in [1.54, 1.807) is 19.1 Å². The Bertz CT molecular complexity index is 761. The Labute approximate surface area is 175 Å². The quantitative estimate of drug-likeness (QED) is 0.538. The lowest BCUT2D eigenvalue weighted by Crippen LogP contribution is -2.45. The number of carbonyl (C=O) groups is 3. The fourth-order valence-corrected chi connectivity index (χ4v) is 5.07. The van der Waals surface area contributed by atoms with Crippen LogP contribution in [0, 0.1) is 0 Å². The number of esters is 1. The van der Waals surface area contributed by atoms with Gasteiger partial charge in [-0.1, -0.05) is 11.6 Å². The number of rotatable bonds is 7. The minimum absolute atomic E-state index is 0.240. The third-order valence-electron chi connectivity index (χ3n) is 5.22. The van der Waals surface area contributed by atoms with Crippen molar-refractivity contribution in [3.05, 3.63) is 35.8 Å². The molecule has 29 heavy (non-hydrogen) atoms. The van der Waals surface area contributed by atoms with Crippen LogP contribution in [0.3, 0.4) is 0 Å². The van der Waals surface area contributed by atoms with Crippen molar-refractivity contribution in [3.63, 3.8) is 0 Å². The Morgan fingerprint density at radius 1 is 1.38 bits per heavy atom. The molecule has 1 fully saturated rings. The number of ether oxygens (including phenoxy) is 1. The predicted octanol–water partition coefficient (Wildman–Crippen LogP) is 3.18. The van der Waals surface area contributed by atoms with Gasteiger partial charge in [-0.05, 0) is 51.2 Å². The highest BCUT2D eigenvalue weighted by atomic mass is 32.2. The van der Waals surface area contributed by atoms with Crippen molar-refractivity contribution in [3.8, 4) is 0 Å². The summed E-state index contributed by atoms with van der Waals surface area (Å²) in [7, 11) is 0. The molecule has 2 aliphatic rings. The maximum atomic E-state index is 12.7. The standard InChI is InChI=1S/C21H28N2O5S/c1-14(19(25)22-11-10-16-7-4-3-5-8-16)28-21(26)17-13-29-20(23(17)15(2)24)18-9-6-12-27-18/h6-7,9,12,14,17,20H,3-5,8,10-11,13H2,1-2H3,(H,22,25)/t14-,17+,20-/m1/s1. The molecular formula is C21H28N2O5S. The van der Waals surface area contributed by atoms with E-state index >= 15 is 0 Å². The van der Waals surface area contributed by atoms with E-state index in [2.05, 4.69) is 11.4 Å². The molecule has 3 rings (SSSR count). The van der Waals surface area contributed by atoms with Gasteiger partial charge in [0.2, 0.25) is 5.91 Å². The monoisotopic (exact) mass is 420 g/mol. The second kappa shape index (κ2) is 10.0. The Morgan fingerprint density at radius 3 is 2.86 bits per heavy atom. The zero-order valence-corrected chi connectivity index (χ0v) is 17.7. The van der Waals surface area contributed by atoms with E-state index in [-0.39, 0.29) is 17.2 Å². The maximum Gasteiger partial charge on any atom is 0.330 e. The highest BCUT2D eigenvalue weighted by Gasteiger charge is 2.43. The molecule has 7 nitrogen and oxygen atoms in total. The summed E-state index contributed by atoms with van der Waals surface area (Å²) in [6.07, 6.45) is 8.36. The molecule has 1 saturated heterocycles. The minimum atomic E-state index is -0.913. The fraction of sp³-hybridized carbons (Fsp3) is 0.571. The highest BCUT2D eigenvalue weighted by Crippen LogP contribution is 2.41. The number of furan rings is 1. The second-order valence-corrected chi connectivity index (χ2v) is 8.48. The van der Waals surface area contributed by atoms with Gasteiger partial charge in [-0.2, -0.15) is 0 Å². The minimum Gasteiger partial charge on any atom is -0.466 e. The van der Waals surface area contributed by atoms with Gasteiger partial charge >= 0.3 is 5.97 Å². The average molecular weight is 421 g/mol. The number of nitrogens with zero attached hydrogens (tertiary/aromatic N) is 1. The zero-order valence-electron chi connectivity index (χ0n) is 16.9. The largest absolute Gasteiger partial charge is 0.466 e. The summed E-state index contributed by atoms with van der Waals surface area (Å²) in [4.78, 5) is 38.6. The summed E-state index contributed by atoms with van der Waals surface area (Å²) in [6.45, 7) is 3.50. The normalized spacial score (nSPS) is 22.7. The van der Waals surface area contributed by atoms with E-state index in [0.717, 1.165) is 19.3 Å². The molecule has 0 spiro atoms. The number of allylic oxidation sites excluding steroid dienone is 1. The molecule has 3 atom stereocenters. The van der Waals surface area contributed by atoms with Crippen LogP contribution in [0.1, 0.15) is 57.1 Å². The lowest BCUT2D eigenvalue weighted by atomic mass is 9.97. The van der Waals surface area contributed by atoms with Crippen LogP contribution < -0.4 is 5.32 Å². The first kappa shape index (κ1) is 21.5. The summed E-state index contributed by atoms with van der Waals surface area (Å²) in [5, 5.41) is 2.47. The molecule has 0 aromatic carbocycles. The van der Waals surface area contributed by atoms with Gasteiger partial charge in [-0.25, -0.2) is 4.79 Å². The second-order valence-electron chi connectivity index (χ2n) is 7.37. The highest BCUT2D eigenvalue weighted by molar-refractivity contribution is 7.99. The van der Waals surface area contributed by atoms with Crippen molar-refractivity contribution >= 4 is 29.5 Å². The molecule has 1 aliphatic carbocycles. The molecule has 1 aromatic rings. The van der Waals surface area contributed by atoms with Crippen LogP contribution in [0.4, 0.5) is 0 Å². The molecular weight excluding hydrogens is 392 g/mol. The molecule has 0 bridgehead atoms. The van der Waals surface area contributed by atoms with Gasteiger partial charge in [-0.15, -0.1) is 11.8 Å². The molecule has 0 radical (unpaired) electrons. The van der Waals surface area contributed by atoms with Gasteiger partial charge in [0.1, 0.15) is 17.2 Å². The third kappa shape index (κ3) is 5.44. The first-order valence-electron chi connectivity index (χ1n) is 10.1. The molecule has 8 heteroatoms. The molecule has 2 amide bonds. The van der Waals surface area contributed by atoms with Crippen molar-refractivity contribution in [2.75, 3.05) is 12.3 Å². The summed E-state index contributed by atoms with van der Waals surface area (Å²) < 4.78 is 10.8. The van der Waals surface area contributed by atoms with Gasteiger partial charge < -0.3 is 19.4 Å². The van der Waals surface area contributed by atoms with Crippen LogP contribution in [-0.2, 0) is 19.1 Å². The SMILES string of the molecule is CC(=O)N1[C@@H](c2ccco2)SC[C@H]1C(=O)O[C@H](C)C(=O)NCCC1=CCCCC1. The summed E-state index contributed by atoms with van der Waals surface area (Å²) >= 11 is 1.44. The molecule has 158 valence electrons. The van der Waals surface area contributed by atoms with E-state index < -0.39 is 18.1 Å². The van der Waals surface area contributed by atoms with Gasteiger partial charge in [0.15, 0.2) is 6.10 Å².